The van der Waals surface area contributed by atoms with Crippen molar-refractivity contribution in [3.05, 3.63) is 51.7 Å². The molecular weight excluding hydrogens is 280 g/mol. The first-order chi connectivity index (χ1) is 10.6. The number of H-pyrrole nitrogens is 1. The third-order valence-corrected chi connectivity index (χ3v) is 4.33. The van der Waals surface area contributed by atoms with E-state index in [9.17, 15) is 9.59 Å². The Balaban J connectivity index is 1.68. The average Bonchev–Trinajstić information content (AvgIpc) is 2.87. The largest absolute Gasteiger partial charge is 0.343 e. The summed E-state index contributed by atoms with van der Waals surface area (Å²) in [5.74, 6) is 1.04. The molecule has 2 aromatic rings. The first-order valence-electron chi connectivity index (χ1n) is 7.54. The van der Waals surface area contributed by atoms with Crippen LogP contribution in [0.4, 0.5) is 0 Å². The van der Waals surface area contributed by atoms with E-state index >= 15 is 0 Å². The number of carbonyl (C=O) groups is 1. The Morgan fingerprint density at radius 2 is 1.95 bits per heavy atom. The fourth-order valence-electron chi connectivity index (χ4n) is 2.95. The molecule has 1 aliphatic rings. The van der Waals surface area contributed by atoms with Gasteiger partial charge in [0.25, 0.3) is 5.91 Å². The third kappa shape index (κ3) is 2.68. The molecule has 6 heteroatoms. The van der Waals surface area contributed by atoms with Gasteiger partial charge in [0.15, 0.2) is 0 Å². The van der Waals surface area contributed by atoms with E-state index in [-0.39, 0.29) is 17.5 Å². The highest BCUT2D eigenvalue weighted by Gasteiger charge is 2.27. The average molecular weight is 300 g/mol. The summed E-state index contributed by atoms with van der Waals surface area (Å²) in [6.45, 7) is 3.34. The maximum atomic E-state index is 12.6. The SMILES string of the molecule is Cc1ccccc1C(=O)N1CCC(c2nn(C)c(=O)[nH]2)CC1. The highest BCUT2D eigenvalue weighted by Crippen LogP contribution is 2.26. The Labute approximate surface area is 128 Å². The molecule has 0 unspecified atom stereocenters. The van der Waals surface area contributed by atoms with Gasteiger partial charge in [-0.25, -0.2) is 9.48 Å². The number of hydrogen-bond donors (Lipinski definition) is 1. The monoisotopic (exact) mass is 300 g/mol. The first-order valence-corrected chi connectivity index (χ1v) is 7.54. The number of carbonyl (C=O) groups excluding carboxylic acids is 1. The zero-order chi connectivity index (χ0) is 15.7. The lowest BCUT2D eigenvalue weighted by molar-refractivity contribution is 0.0710. The number of amides is 1. The van der Waals surface area contributed by atoms with Gasteiger partial charge in [0.05, 0.1) is 0 Å². The molecule has 116 valence electrons. The van der Waals surface area contributed by atoms with Crippen molar-refractivity contribution in [2.75, 3.05) is 13.1 Å². The van der Waals surface area contributed by atoms with Crippen LogP contribution in [0.5, 0.6) is 0 Å². The standard InChI is InChI=1S/C16H20N4O2/c1-11-5-3-4-6-13(11)15(21)20-9-7-12(8-10-20)14-17-16(22)19(2)18-14/h3-6,12H,7-10H2,1-2H3,(H,17,18,22). The van der Waals surface area contributed by atoms with Gasteiger partial charge in [0.2, 0.25) is 0 Å². The van der Waals surface area contributed by atoms with E-state index in [1.165, 1.54) is 4.68 Å². The molecule has 0 bridgehead atoms. The lowest BCUT2D eigenvalue weighted by Crippen LogP contribution is -2.38. The lowest BCUT2D eigenvalue weighted by atomic mass is 9.95. The maximum Gasteiger partial charge on any atom is 0.343 e. The molecule has 1 aromatic heterocycles. The van der Waals surface area contributed by atoms with Gasteiger partial charge in [-0.15, -0.1) is 0 Å². The minimum absolute atomic E-state index is 0.0889. The van der Waals surface area contributed by atoms with Crippen LogP contribution in [0.15, 0.2) is 29.1 Å². The smallest absolute Gasteiger partial charge is 0.339 e. The van der Waals surface area contributed by atoms with Crippen LogP contribution in [0.25, 0.3) is 0 Å². The van der Waals surface area contributed by atoms with Gasteiger partial charge in [-0.2, -0.15) is 5.10 Å². The lowest BCUT2D eigenvalue weighted by Gasteiger charge is -2.31. The molecule has 1 fully saturated rings. The van der Waals surface area contributed by atoms with Gasteiger partial charge in [-0.3, -0.25) is 9.78 Å². The van der Waals surface area contributed by atoms with E-state index in [2.05, 4.69) is 10.1 Å². The number of rotatable bonds is 2. The number of benzene rings is 1. The summed E-state index contributed by atoms with van der Waals surface area (Å²) in [7, 11) is 1.64. The second-order valence-corrected chi connectivity index (χ2v) is 5.82. The maximum absolute atomic E-state index is 12.6. The van der Waals surface area contributed by atoms with Crippen molar-refractivity contribution < 1.29 is 4.79 Å². The van der Waals surface area contributed by atoms with E-state index in [1.807, 2.05) is 36.1 Å². The summed E-state index contributed by atoms with van der Waals surface area (Å²) >= 11 is 0. The zero-order valence-electron chi connectivity index (χ0n) is 12.9. The summed E-state index contributed by atoms with van der Waals surface area (Å²) in [6.07, 6.45) is 1.65. The molecule has 1 saturated heterocycles. The Bertz CT molecular complexity index is 739. The van der Waals surface area contributed by atoms with Crippen molar-refractivity contribution in [2.24, 2.45) is 7.05 Å². The van der Waals surface area contributed by atoms with E-state index in [4.69, 9.17) is 0 Å². The van der Waals surface area contributed by atoms with Crippen LogP contribution in [0.3, 0.4) is 0 Å². The number of likely N-dealkylation sites (tertiary alicyclic amines) is 1. The molecule has 6 nitrogen and oxygen atoms in total. The van der Waals surface area contributed by atoms with Gasteiger partial charge < -0.3 is 4.90 Å². The fourth-order valence-corrected chi connectivity index (χ4v) is 2.95. The second kappa shape index (κ2) is 5.79. The molecule has 1 amide bonds. The molecule has 1 aromatic carbocycles. The highest BCUT2D eigenvalue weighted by molar-refractivity contribution is 5.95. The number of aryl methyl sites for hydroxylation is 2. The number of nitrogens with zero attached hydrogens (tertiary/aromatic N) is 3. The normalized spacial score (nSPS) is 16.0. The zero-order valence-corrected chi connectivity index (χ0v) is 12.9. The van der Waals surface area contributed by atoms with Crippen molar-refractivity contribution in [3.8, 4) is 0 Å². The second-order valence-electron chi connectivity index (χ2n) is 5.82. The Morgan fingerprint density at radius 3 is 2.55 bits per heavy atom. The van der Waals surface area contributed by atoms with Crippen molar-refractivity contribution in [1.82, 2.24) is 19.7 Å². The minimum Gasteiger partial charge on any atom is -0.339 e. The van der Waals surface area contributed by atoms with Gasteiger partial charge in [-0.05, 0) is 31.4 Å². The van der Waals surface area contributed by atoms with Crippen molar-refractivity contribution >= 4 is 5.91 Å². The predicted molar refractivity (Wildman–Crippen MR) is 82.9 cm³/mol. The molecule has 3 rings (SSSR count). The number of nitrogens with one attached hydrogen (secondary N) is 1. The summed E-state index contributed by atoms with van der Waals surface area (Å²) in [5.41, 5.74) is 1.59. The van der Waals surface area contributed by atoms with Crippen LogP contribution in [0.1, 0.15) is 40.5 Å². The summed E-state index contributed by atoms with van der Waals surface area (Å²) in [4.78, 5) is 28.7. The quantitative estimate of drug-likeness (QED) is 0.912. The highest BCUT2D eigenvalue weighted by atomic mass is 16.2. The van der Waals surface area contributed by atoms with Crippen molar-refractivity contribution in [2.45, 2.75) is 25.7 Å². The third-order valence-electron chi connectivity index (χ3n) is 4.33. The number of piperidine rings is 1. The van der Waals surface area contributed by atoms with Gasteiger partial charge in [0.1, 0.15) is 5.82 Å². The molecule has 0 radical (unpaired) electrons. The molecular formula is C16H20N4O2. The molecule has 1 N–H and O–H groups in total. The number of aromatic amines is 1. The Hall–Kier alpha value is -2.37. The topological polar surface area (TPSA) is 71.0 Å². The van der Waals surface area contributed by atoms with Gasteiger partial charge in [0, 0.05) is 31.6 Å². The molecule has 0 spiro atoms. The fraction of sp³-hybridized carbons (Fsp3) is 0.438. The summed E-state index contributed by atoms with van der Waals surface area (Å²) in [6, 6.07) is 7.67. The number of aromatic nitrogens is 3. The summed E-state index contributed by atoms with van der Waals surface area (Å²) < 4.78 is 1.32. The van der Waals surface area contributed by atoms with Crippen molar-refractivity contribution in [3.63, 3.8) is 0 Å². The molecule has 2 heterocycles. The Morgan fingerprint density at radius 1 is 1.27 bits per heavy atom. The molecule has 0 saturated carbocycles. The van der Waals surface area contributed by atoms with E-state index in [0.29, 0.717) is 13.1 Å². The first kappa shape index (κ1) is 14.6. The predicted octanol–water partition coefficient (Wildman–Crippen LogP) is 1.44. The molecule has 0 aliphatic carbocycles. The van der Waals surface area contributed by atoms with Crippen LogP contribution in [-0.2, 0) is 7.05 Å². The van der Waals surface area contributed by atoms with E-state index in [0.717, 1.165) is 29.8 Å². The van der Waals surface area contributed by atoms with Crippen LogP contribution in [-0.4, -0.2) is 38.7 Å². The molecule has 1 aliphatic heterocycles. The van der Waals surface area contributed by atoms with Crippen molar-refractivity contribution in [1.29, 1.82) is 0 Å². The molecule has 22 heavy (non-hydrogen) atoms. The minimum atomic E-state index is -0.187. The summed E-state index contributed by atoms with van der Waals surface area (Å²) in [5, 5.41) is 4.22. The Kier molecular flexibility index (Phi) is 3.83. The number of hydrogen-bond acceptors (Lipinski definition) is 3. The van der Waals surface area contributed by atoms with E-state index in [1.54, 1.807) is 7.05 Å². The van der Waals surface area contributed by atoms with Gasteiger partial charge >= 0.3 is 5.69 Å². The van der Waals surface area contributed by atoms with E-state index < -0.39 is 0 Å². The van der Waals surface area contributed by atoms with Gasteiger partial charge in [-0.1, -0.05) is 18.2 Å². The van der Waals surface area contributed by atoms with Crippen LogP contribution >= 0.6 is 0 Å². The van der Waals surface area contributed by atoms with Crippen LogP contribution in [0, 0.1) is 6.92 Å². The molecule has 0 atom stereocenters. The van der Waals surface area contributed by atoms with Crippen LogP contribution in [0.2, 0.25) is 0 Å². The van der Waals surface area contributed by atoms with Crippen LogP contribution < -0.4 is 5.69 Å².